The van der Waals surface area contributed by atoms with Gasteiger partial charge in [-0.1, -0.05) is 61.4 Å². The summed E-state index contributed by atoms with van der Waals surface area (Å²) in [6.07, 6.45) is 5.41. The predicted molar refractivity (Wildman–Crippen MR) is 164 cm³/mol. The molecule has 0 radical (unpaired) electrons. The molecule has 1 fully saturated rings. The third-order valence-electron chi connectivity index (χ3n) is 9.00. The van der Waals surface area contributed by atoms with Gasteiger partial charge in [0.25, 0.3) is 0 Å². The summed E-state index contributed by atoms with van der Waals surface area (Å²) in [5.41, 5.74) is 4.12. The number of rotatable bonds is 10. The number of aliphatic hydroxyl groups is 1. The summed E-state index contributed by atoms with van der Waals surface area (Å²) < 4.78 is 18.1. The predicted octanol–water partition coefficient (Wildman–Crippen LogP) is 6.32. The second-order valence-electron chi connectivity index (χ2n) is 11.7. The maximum absolute atomic E-state index is 14.0. The first-order chi connectivity index (χ1) is 21.0. The lowest BCUT2D eigenvalue weighted by Crippen LogP contribution is -2.51. The van der Waals surface area contributed by atoms with Gasteiger partial charge in [0.1, 0.15) is 30.5 Å². The number of fused-ring (bicyclic) bond motifs is 4. The van der Waals surface area contributed by atoms with Crippen LogP contribution in [0.1, 0.15) is 71.3 Å². The minimum atomic E-state index is -1.04. The molecule has 3 aromatic rings. The lowest BCUT2D eigenvalue weighted by Gasteiger charge is -2.47. The van der Waals surface area contributed by atoms with Gasteiger partial charge in [0, 0.05) is 23.0 Å². The molecule has 7 nitrogen and oxygen atoms in total. The van der Waals surface area contributed by atoms with Crippen molar-refractivity contribution < 1.29 is 33.5 Å². The van der Waals surface area contributed by atoms with Crippen LogP contribution in [0.4, 0.5) is 0 Å². The molecule has 222 valence electrons. The lowest BCUT2D eigenvalue weighted by atomic mass is 9.54. The molecule has 0 bridgehead atoms. The molecule has 2 heterocycles. The van der Waals surface area contributed by atoms with Crippen LogP contribution in [0.2, 0.25) is 6.32 Å². The second-order valence-corrected chi connectivity index (χ2v) is 11.7. The first-order valence-electron chi connectivity index (χ1n) is 15.3. The molecule has 8 heteroatoms. The number of carbonyl (C=O) groups is 2. The average molecular weight is 580 g/mol. The fourth-order valence-corrected chi connectivity index (χ4v) is 7.15. The Bertz CT molecular complexity index is 1540. The Hall–Kier alpha value is -3.72. The molecule has 1 aliphatic heterocycles. The average Bonchev–Trinajstić information content (AvgIpc) is 3.49. The fraction of sp³-hybridized carbons (Fsp3) is 0.371. The number of ketones is 2. The molecule has 2 aliphatic carbocycles. The number of hydrogen-bond donors (Lipinski definition) is 2. The molecule has 6 rings (SSSR count). The largest absolute Gasteiger partial charge is 0.489 e. The van der Waals surface area contributed by atoms with Crippen LogP contribution in [0, 0.1) is 17.8 Å². The number of hydrogen-bond acceptors (Lipinski definition) is 7. The van der Waals surface area contributed by atoms with Crippen LogP contribution in [0.25, 0.3) is 6.08 Å². The molecule has 1 aromatic heterocycles. The quantitative estimate of drug-likeness (QED) is 0.214. The Balaban J connectivity index is 1.34. The molecule has 3 aliphatic rings. The molecule has 2 N–H and O–H groups in total. The van der Waals surface area contributed by atoms with Crippen molar-refractivity contribution in [1.82, 2.24) is 0 Å². The number of aliphatic hydroxyl groups excluding tert-OH is 1. The van der Waals surface area contributed by atoms with Crippen molar-refractivity contribution in [3.63, 3.8) is 0 Å². The van der Waals surface area contributed by atoms with E-state index in [1.807, 2.05) is 42.5 Å². The zero-order valence-electron chi connectivity index (χ0n) is 24.4. The van der Waals surface area contributed by atoms with Crippen LogP contribution >= 0.6 is 0 Å². The second kappa shape index (κ2) is 12.9. The molecule has 4 atom stereocenters. The summed E-state index contributed by atoms with van der Waals surface area (Å²) in [4.78, 5) is 27.8. The van der Waals surface area contributed by atoms with E-state index >= 15 is 0 Å². The van der Waals surface area contributed by atoms with Gasteiger partial charge in [-0.2, -0.15) is 0 Å². The zero-order valence-corrected chi connectivity index (χ0v) is 24.4. The SMILES string of the molecule is CCC/C(=C\c1ccc(CO)o1)CC[C@H]1OB(O)C[C@H]2C1=C(COc1ccccc1)C[C@H]1C(=O)c3ccccc3C(=O)[C@H]12. The van der Waals surface area contributed by atoms with Gasteiger partial charge in [-0.3, -0.25) is 9.59 Å². The van der Waals surface area contributed by atoms with E-state index in [1.54, 1.807) is 30.3 Å². The highest BCUT2D eigenvalue weighted by Gasteiger charge is 2.53. The first-order valence-corrected chi connectivity index (χ1v) is 15.3. The number of ether oxygens (including phenoxy) is 1. The van der Waals surface area contributed by atoms with E-state index in [1.165, 1.54) is 5.57 Å². The van der Waals surface area contributed by atoms with Crippen LogP contribution in [-0.4, -0.2) is 41.5 Å². The van der Waals surface area contributed by atoms with Crippen molar-refractivity contribution in [3.05, 3.63) is 106 Å². The van der Waals surface area contributed by atoms with Crippen molar-refractivity contribution in [3.8, 4) is 5.75 Å². The van der Waals surface area contributed by atoms with E-state index in [2.05, 4.69) is 6.92 Å². The molecule has 0 amide bonds. The van der Waals surface area contributed by atoms with Gasteiger partial charge < -0.3 is 23.9 Å². The third kappa shape index (κ3) is 6.05. The number of allylic oxidation sites excluding steroid dienone is 1. The highest BCUT2D eigenvalue weighted by Crippen LogP contribution is 2.51. The molecule has 0 unspecified atom stereocenters. The summed E-state index contributed by atoms with van der Waals surface area (Å²) >= 11 is 0. The Morgan fingerprint density at radius 1 is 0.977 bits per heavy atom. The van der Waals surface area contributed by atoms with Crippen molar-refractivity contribution in [2.24, 2.45) is 17.8 Å². The Kier molecular flexibility index (Phi) is 8.79. The molecular weight excluding hydrogens is 543 g/mol. The smallest absolute Gasteiger partial charge is 0.455 e. The summed E-state index contributed by atoms with van der Waals surface area (Å²) in [6.45, 7) is 2.26. The Morgan fingerprint density at radius 3 is 2.44 bits per heavy atom. The number of benzene rings is 2. The van der Waals surface area contributed by atoms with Crippen LogP contribution in [0.5, 0.6) is 5.75 Å². The van der Waals surface area contributed by atoms with E-state index in [4.69, 9.17) is 13.8 Å². The third-order valence-corrected chi connectivity index (χ3v) is 9.00. The minimum Gasteiger partial charge on any atom is -0.489 e. The van der Waals surface area contributed by atoms with E-state index in [0.717, 1.165) is 29.7 Å². The number of furan rings is 1. The summed E-state index contributed by atoms with van der Waals surface area (Å²) in [7, 11) is -1.04. The van der Waals surface area contributed by atoms with Crippen molar-refractivity contribution >= 4 is 24.8 Å². The van der Waals surface area contributed by atoms with Crippen molar-refractivity contribution in [2.75, 3.05) is 6.61 Å². The molecule has 2 aromatic carbocycles. The van der Waals surface area contributed by atoms with Crippen LogP contribution in [0.15, 0.2) is 87.9 Å². The summed E-state index contributed by atoms with van der Waals surface area (Å²) in [5, 5.41) is 20.4. The minimum absolute atomic E-state index is 0.0112. The van der Waals surface area contributed by atoms with Gasteiger partial charge in [0.15, 0.2) is 11.6 Å². The maximum atomic E-state index is 14.0. The molecule has 1 saturated heterocycles. The van der Waals surface area contributed by atoms with Crippen molar-refractivity contribution in [1.29, 1.82) is 0 Å². The molecular formula is C35H37BO7. The van der Waals surface area contributed by atoms with Gasteiger partial charge in [-0.25, -0.2) is 0 Å². The highest BCUT2D eigenvalue weighted by atomic mass is 16.5. The topological polar surface area (TPSA) is 106 Å². The van der Waals surface area contributed by atoms with Gasteiger partial charge >= 0.3 is 7.12 Å². The number of Topliss-reactive ketones (excluding diaryl/α,β-unsaturated/α-hetero) is 2. The van der Waals surface area contributed by atoms with Gasteiger partial charge in [0.05, 0.1) is 6.10 Å². The van der Waals surface area contributed by atoms with Crippen LogP contribution in [0.3, 0.4) is 0 Å². The van der Waals surface area contributed by atoms with E-state index < -0.39 is 25.1 Å². The lowest BCUT2D eigenvalue weighted by molar-refractivity contribution is 0.0592. The van der Waals surface area contributed by atoms with Gasteiger partial charge in [-0.15, -0.1) is 0 Å². The monoisotopic (exact) mass is 580 g/mol. The van der Waals surface area contributed by atoms with E-state index in [0.29, 0.717) is 41.9 Å². The maximum Gasteiger partial charge on any atom is 0.455 e. The van der Waals surface area contributed by atoms with E-state index in [-0.39, 0.29) is 37.0 Å². The summed E-state index contributed by atoms with van der Waals surface area (Å²) in [5.74, 6) is 0.552. The number of para-hydroxylation sites is 1. The molecule has 0 spiro atoms. The summed E-state index contributed by atoms with van der Waals surface area (Å²) in [6, 6.07) is 20.3. The van der Waals surface area contributed by atoms with E-state index in [9.17, 15) is 19.7 Å². The standard InChI is InChI=1S/C35H37BO7/c1-2-8-22(17-25-14-15-26(20-37)42-25)13-16-31-32-23(21-41-24-9-4-3-5-10-24)18-29-33(30(32)19-36(40)43-31)35(39)28-12-7-6-11-27(28)34(29)38/h3-7,9-12,14-15,17,29-31,33,37,40H,2,8,13,16,18-21H2,1H3/b22-17+/t29-,30+,31-,33-/m1/s1. The Morgan fingerprint density at radius 2 is 1.72 bits per heavy atom. The molecule has 0 saturated carbocycles. The van der Waals surface area contributed by atoms with Crippen LogP contribution < -0.4 is 4.74 Å². The van der Waals surface area contributed by atoms with Crippen LogP contribution in [-0.2, 0) is 11.3 Å². The Labute approximate surface area is 252 Å². The fourth-order valence-electron chi connectivity index (χ4n) is 7.15. The van der Waals surface area contributed by atoms with Gasteiger partial charge in [-0.05, 0) is 79.4 Å². The van der Waals surface area contributed by atoms with Gasteiger partial charge in [0.2, 0.25) is 0 Å². The normalized spacial score (nSPS) is 23.6. The molecule has 43 heavy (non-hydrogen) atoms. The highest BCUT2D eigenvalue weighted by molar-refractivity contribution is 6.43. The van der Waals surface area contributed by atoms with Crippen molar-refractivity contribution in [2.45, 2.75) is 58.1 Å². The number of carbonyl (C=O) groups excluding carboxylic acids is 2. The zero-order chi connectivity index (χ0) is 29.9. The first kappa shape index (κ1) is 29.4.